The summed E-state index contributed by atoms with van der Waals surface area (Å²) in [6.45, 7) is 0. The van der Waals surface area contributed by atoms with Crippen molar-refractivity contribution in [2.45, 2.75) is 6.42 Å². The van der Waals surface area contributed by atoms with Crippen LogP contribution in [0.15, 0.2) is 155 Å². The normalized spacial score (nSPS) is 11.2. The van der Waals surface area contributed by atoms with Gasteiger partial charge < -0.3 is 4.57 Å². The van der Waals surface area contributed by atoms with Gasteiger partial charge in [0.1, 0.15) is 0 Å². The van der Waals surface area contributed by atoms with Gasteiger partial charge in [-0.05, 0) is 112 Å². The molecule has 1 aromatic heterocycles. The molecule has 0 spiro atoms. The lowest BCUT2D eigenvalue weighted by molar-refractivity contribution is 1.18. The molecule has 41 heavy (non-hydrogen) atoms. The van der Waals surface area contributed by atoms with E-state index in [4.69, 9.17) is 0 Å². The number of halogens is 3. The van der Waals surface area contributed by atoms with Gasteiger partial charge >= 0.3 is 0 Å². The molecule has 0 atom stereocenters. The summed E-state index contributed by atoms with van der Waals surface area (Å²) in [5.41, 5.74) is 9.43. The Morgan fingerprint density at radius 2 is 0.878 bits per heavy atom. The third kappa shape index (κ3) is 6.20. The molecule has 0 unspecified atom stereocenters. The number of aromatic nitrogens is 1. The number of benzene rings is 6. The second kappa shape index (κ2) is 12.8. The van der Waals surface area contributed by atoms with E-state index in [1.165, 1.54) is 53.3 Å². The zero-order valence-electron chi connectivity index (χ0n) is 22.1. The molecule has 1 nitrogen and oxygen atoms in total. The molecule has 0 N–H and O–H groups in total. The van der Waals surface area contributed by atoms with Crippen molar-refractivity contribution < 1.29 is 0 Å². The van der Waals surface area contributed by atoms with Crippen LogP contribution in [0.5, 0.6) is 0 Å². The predicted octanol–water partition coefficient (Wildman–Crippen LogP) is 11.9. The Hall–Kier alpha value is -3.19. The van der Waals surface area contributed by atoms with Crippen LogP contribution in [0.1, 0.15) is 11.1 Å². The summed E-state index contributed by atoms with van der Waals surface area (Å²) in [5.74, 6) is 0. The van der Waals surface area contributed by atoms with E-state index in [9.17, 15) is 0 Å². The lowest BCUT2D eigenvalue weighted by Crippen LogP contribution is -1.92. The third-order valence-electron chi connectivity index (χ3n) is 7.17. The van der Waals surface area contributed by atoms with Gasteiger partial charge in [-0.2, -0.15) is 0 Å². The summed E-state index contributed by atoms with van der Waals surface area (Å²) in [5, 5.41) is 2.59. The first-order valence-corrected chi connectivity index (χ1v) is 16.1. The first-order valence-electron chi connectivity index (χ1n) is 13.4. The van der Waals surface area contributed by atoms with Gasteiger partial charge in [-0.1, -0.05) is 117 Å². The molecule has 1 aliphatic rings. The van der Waals surface area contributed by atoms with E-state index >= 15 is 0 Å². The van der Waals surface area contributed by atoms with Gasteiger partial charge in [0.15, 0.2) is 0 Å². The molecule has 200 valence electrons. The Morgan fingerprint density at radius 1 is 0.463 bits per heavy atom. The Labute approximate surface area is 271 Å². The Morgan fingerprint density at radius 3 is 1.37 bits per heavy atom. The highest BCUT2D eigenvalue weighted by Crippen LogP contribution is 2.36. The van der Waals surface area contributed by atoms with E-state index in [1.807, 2.05) is 12.1 Å². The fraction of sp³-hybridized carbons (Fsp3) is 0.0270. The van der Waals surface area contributed by atoms with E-state index in [-0.39, 0.29) is 0 Å². The minimum atomic E-state index is 1.10. The molecule has 4 heteroatoms. The topological polar surface area (TPSA) is 4.93 Å². The highest BCUT2D eigenvalue weighted by molar-refractivity contribution is 14.1. The number of hydrogen-bond donors (Lipinski definition) is 0. The van der Waals surface area contributed by atoms with Crippen LogP contribution in [-0.4, -0.2) is 4.57 Å². The smallest absolute Gasteiger partial charge is 0.0541 e. The summed E-state index contributed by atoms with van der Waals surface area (Å²) in [7, 11) is 0. The summed E-state index contributed by atoms with van der Waals surface area (Å²) in [6.07, 6.45) is 1.10. The van der Waals surface area contributed by atoms with Gasteiger partial charge in [0, 0.05) is 29.0 Å². The van der Waals surface area contributed by atoms with Crippen molar-refractivity contribution in [3.63, 3.8) is 0 Å². The molecular weight excluding hydrogens is 745 g/mol. The first-order chi connectivity index (χ1) is 20.1. The van der Waals surface area contributed by atoms with Crippen LogP contribution < -0.4 is 0 Å². The summed E-state index contributed by atoms with van der Waals surface area (Å²) in [6, 6.07) is 51.1. The first kappa shape index (κ1) is 28.0. The Bertz CT molecular complexity index is 1820. The lowest BCUT2D eigenvalue weighted by Gasteiger charge is -2.07. The van der Waals surface area contributed by atoms with Crippen LogP contribution in [0.2, 0.25) is 0 Å². The van der Waals surface area contributed by atoms with Crippen LogP contribution in [0.25, 0.3) is 38.6 Å². The molecule has 0 radical (unpaired) electrons. The molecule has 8 rings (SSSR count). The number of fused-ring (bicyclic) bond motifs is 6. The van der Waals surface area contributed by atoms with E-state index in [1.54, 1.807) is 0 Å². The number of hydrogen-bond acceptors (Lipinski definition) is 0. The van der Waals surface area contributed by atoms with E-state index in [2.05, 4.69) is 192 Å². The molecule has 0 amide bonds. The van der Waals surface area contributed by atoms with Crippen molar-refractivity contribution in [1.82, 2.24) is 4.57 Å². The Kier molecular flexibility index (Phi) is 8.70. The second-order valence-corrected chi connectivity index (χ2v) is 12.9. The largest absolute Gasteiger partial charge is 0.309 e. The number of rotatable bonds is 1. The Balaban J connectivity index is 0.000000123. The van der Waals surface area contributed by atoms with Crippen molar-refractivity contribution in [3.8, 4) is 16.8 Å². The minimum absolute atomic E-state index is 1.10. The average Bonchev–Trinajstić information content (AvgIpc) is 3.56. The van der Waals surface area contributed by atoms with Crippen LogP contribution in [0.4, 0.5) is 0 Å². The molecular formula is C37H26Br2IN. The van der Waals surface area contributed by atoms with Gasteiger partial charge in [0.25, 0.3) is 0 Å². The van der Waals surface area contributed by atoms with Gasteiger partial charge in [0.2, 0.25) is 0 Å². The number of para-hydroxylation sites is 2. The molecule has 1 heterocycles. The fourth-order valence-corrected chi connectivity index (χ4v) is 6.19. The minimum Gasteiger partial charge on any atom is -0.309 e. The van der Waals surface area contributed by atoms with E-state index < -0.39 is 0 Å². The predicted molar refractivity (Wildman–Crippen MR) is 190 cm³/mol. The van der Waals surface area contributed by atoms with Crippen molar-refractivity contribution in [3.05, 3.63) is 169 Å². The lowest BCUT2D eigenvalue weighted by atomic mass is 10.1. The summed E-state index contributed by atoms with van der Waals surface area (Å²) >= 11 is 9.12. The van der Waals surface area contributed by atoms with Crippen molar-refractivity contribution in [2.24, 2.45) is 0 Å². The quantitative estimate of drug-likeness (QED) is 0.147. The number of nitrogens with zero attached hydrogens (tertiary/aromatic N) is 1. The summed E-state index contributed by atoms with van der Waals surface area (Å²) < 4.78 is 5.82. The van der Waals surface area contributed by atoms with Gasteiger partial charge in [-0.15, -0.1) is 0 Å². The van der Waals surface area contributed by atoms with Crippen molar-refractivity contribution in [2.75, 3.05) is 0 Å². The summed E-state index contributed by atoms with van der Waals surface area (Å²) in [4.78, 5) is 0. The fourth-order valence-electron chi connectivity index (χ4n) is 5.30. The molecule has 0 saturated carbocycles. The molecule has 0 bridgehead atoms. The van der Waals surface area contributed by atoms with Crippen LogP contribution >= 0.6 is 54.5 Å². The van der Waals surface area contributed by atoms with Crippen LogP contribution in [0, 0.1) is 3.57 Å². The highest BCUT2D eigenvalue weighted by atomic mass is 127. The highest BCUT2D eigenvalue weighted by Gasteiger charge is 2.16. The molecule has 7 aromatic rings. The van der Waals surface area contributed by atoms with Crippen LogP contribution in [0.3, 0.4) is 0 Å². The molecule has 0 aliphatic heterocycles. The van der Waals surface area contributed by atoms with Gasteiger partial charge in [0.05, 0.1) is 11.0 Å². The molecule has 0 saturated heterocycles. The maximum absolute atomic E-state index is 3.50. The second-order valence-electron chi connectivity index (χ2n) is 9.77. The van der Waals surface area contributed by atoms with Gasteiger partial charge in [-0.25, -0.2) is 0 Å². The van der Waals surface area contributed by atoms with Crippen LogP contribution in [-0.2, 0) is 6.42 Å². The van der Waals surface area contributed by atoms with E-state index in [0.29, 0.717) is 0 Å². The zero-order valence-corrected chi connectivity index (χ0v) is 27.5. The van der Waals surface area contributed by atoms with Gasteiger partial charge in [-0.3, -0.25) is 0 Å². The maximum atomic E-state index is 3.50. The molecule has 1 aliphatic carbocycles. The van der Waals surface area contributed by atoms with E-state index in [0.717, 1.165) is 15.4 Å². The van der Waals surface area contributed by atoms with Crippen molar-refractivity contribution in [1.29, 1.82) is 0 Å². The molecule has 6 aromatic carbocycles. The average molecular weight is 771 g/mol. The zero-order chi connectivity index (χ0) is 28.2. The monoisotopic (exact) mass is 769 g/mol. The third-order valence-corrected chi connectivity index (χ3v) is 8.95. The standard InChI is InChI=1S/C18H12BrN.C13H10.C6H4BrI/c19-13-9-11-14(12-10-13)20-17-7-3-1-5-15(17)16-6-2-4-8-18(16)20;1-3-7-12-10(5-1)9-11-6-2-4-8-13(11)12;7-5-1-3-6(8)4-2-5/h1-12H;1-8H,9H2;1-4H. The SMILES string of the molecule is Brc1ccc(-n2c3ccccc3c3ccccc32)cc1.Brc1ccc(I)cc1.c1ccc2c(c1)Cc1ccccc1-2. The van der Waals surface area contributed by atoms with Crippen molar-refractivity contribution >= 4 is 76.3 Å². The maximum Gasteiger partial charge on any atom is 0.0541 e. The molecule has 0 fully saturated rings.